The normalized spacial score (nSPS) is 13.0. The van der Waals surface area contributed by atoms with Crippen molar-refractivity contribution in [3.63, 3.8) is 0 Å². The second-order valence-electron chi connectivity index (χ2n) is 3.49. The van der Waals surface area contributed by atoms with Gasteiger partial charge in [0.05, 0.1) is 10.6 Å². The molecule has 80 valence electrons. The number of nitrogens with two attached hydrogens (primary N) is 1. The second kappa shape index (κ2) is 4.08. The van der Waals surface area contributed by atoms with E-state index in [0.29, 0.717) is 6.42 Å². The molecular formula is C9H13N5S. The van der Waals surface area contributed by atoms with Crippen LogP contribution in [0.2, 0.25) is 0 Å². The molecule has 0 radical (unpaired) electrons. The standard InChI is InChI=1S/C9H13N5S/c1-6-9(15-13-12-6)7(10)5-8-11-3-4-14(8)2/h3-4,7H,5,10H2,1-2H3. The third-order valence-corrected chi connectivity index (χ3v) is 3.30. The van der Waals surface area contributed by atoms with E-state index >= 15 is 0 Å². The molecule has 1 atom stereocenters. The molecule has 2 rings (SSSR count). The fraction of sp³-hybridized carbons (Fsp3) is 0.444. The molecule has 5 nitrogen and oxygen atoms in total. The minimum Gasteiger partial charge on any atom is -0.338 e. The number of rotatable bonds is 3. The first-order valence-corrected chi connectivity index (χ1v) is 5.46. The molecular weight excluding hydrogens is 210 g/mol. The van der Waals surface area contributed by atoms with E-state index in [1.54, 1.807) is 6.20 Å². The average Bonchev–Trinajstić information content (AvgIpc) is 2.76. The molecule has 0 bridgehead atoms. The Labute approximate surface area is 92.1 Å². The van der Waals surface area contributed by atoms with Gasteiger partial charge in [0, 0.05) is 31.9 Å². The summed E-state index contributed by atoms with van der Waals surface area (Å²) < 4.78 is 5.85. The van der Waals surface area contributed by atoms with Crippen LogP contribution in [0.3, 0.4) is 0 Å². The molecule has 2 heterocycles. The van der Waals surface area contributed by atoms with Crippen LogP contribution >= 0.6 is 11.5 Å². The van der Waals surface area contributed by atoms with Crippen LogP contribution in [0.1, 0.15) is 22.4 Å². The summed E-state index contributed by atoms with van der Waals surface area (Å²) in [5.41, 5.74) is 7.00. The molecule has 15 heavy (non-hydrogen) atoms. The summed E-state index contributed by atoms with van der Waals surface area (Å²) in [4.78, 5) is 5.28. The zero-order valence-electron chi connectivity index (χ0n) is 8.71. The van der Waals surface area contributed by atoms with Crippen LogP contribution in [0.5, 0.6) is 0 Å². The number of hydrogen-bond acceptors (Lipinski definition) is 5. The van der Waals surface area contributed by atoms with Gasteiger partial charge in [-0.05, 0) is 18.5 Å². The van der Waals surface area contributed by atoms with E-state index in [9.17, 15) is 0 Å². The zero-order chi connectivity index (χ0) is 10.8. The first-order chi connectivity index (χ1) is 7.18. The largest absolute Gasteiger partial charge is 0.338 e. The summed E-state index contributed by atoms with van der Waals surface area (Å²) >= 11 is 1.36. The Morgan fingerprint density at radius 1 is 1.60 bits per heavy atom. The Bertz CT molecular complexity index is 447. The van der Waals surface area contributed by atoms with Crippen molar-refractivity contribution in [3.05, 3.63) is 28.8 Å². The van der Waals surface area contributed by atoms with Gasteiger partial charge in [-0.25, -0.2) is 4.98 Å². The molecule has 0 fully saturated rings. The molecule has 0 spiro atoms. The van der Waals surface area contributed by atoms with Crippen LogP contribution in [-0.4, -0.2) is 19.1 Å². The predicted octanol–water partition coefficient (Wildman–Crippen LogP) is 0.823. The lowest BCUT2D eigenvalue weighted by atomic mass is 10.1. The highest BCUT2D eigenvalue weighted by Gasteiger charge is 2.15. The second-order valence-corrected chi connectivity index (χ2v) is 4.27. The Hall–Kier alpha value is -1.27. The summed E-state index contributed by atoms with van der Waals surface area (Å²) in [7, 11) is 1.97. The summed E-state index contributed by atoms with van der Waals surface area (Å²) in [6.07, 6.45) is 4.41. The van der Waals surface area contributed by atoms with Crippen LogP contribution in [0.4, 0.5) is 0 Å². The summed E-state index contributed by atoms with van der Waals surface area (Å²) in [5.74, 6) is 0.982. The van der Waals surface area contributed by atoms with Crippen molar-refractivity contribution in [2.75, 3.05) is 0 Å². The van der Waals surface area contributed by atoms with Gasteiger partial charge in [-0.3, -0.25) is 0 Å². The van der Waals surface area contributed by atoms with Crippen LogP contribution < -0.4 is 5.73 Å². The molecule has 2 N–H and O–H groups in total. The first kappa shape index (κ1) is 10.3. The highest BCUT2D eigenvalue weighted by atomic mass is 32.1. The first-order valence-electron chi connectivity index (χ1n) is 4.69. The highest BCUT2D eigenvalue weighted by Crippen LogP contribution is 2.20. The van der Waals surface area contributed by atoms with E-state index in [1.165, 1.54) is 11.5 Å². The van der Waals surface area contributed by atoms with E-state index in [1.807, 2.05) is 24.7 Å². The third-order valence-electron chi connectivity index (χ3n) is 2.35. The molecule has 0 aliphatic rings. The van der Waals surface area contributed by atoms with Gasteiger partial charge in [-0.15, -0.1) is 5.10 Å². The number of hydrogen-bond donors (Lipinski definition) is 1. The minimum absolute atomic E-state index is 0.0638. The monoisotopic (exact) mass is 223 g/mol. The maximum absolute atomic E-state index is 6.08. The lowest BCUT2D eigenvalue weighted by Crippen LogP contribution is -2.15. The Kier molecular flexibility index (Phi) is 2.79. The van der Waals surface area contributed by atoms with Crippen LogP contribution in [0.25, 0.3) is 0 Å². The Morgan fingerprint density at radius 2 is 2.40 bits per heavy atom. The lowest BCUT2D eigenvalue weighted by molar-refractivity contribution is 0.664. The molecule has 0 saturated heterocycles. The fourth-order valence-electron chi connectivity index (χ4n) is 1.46. The summed E-state index contributed by atoms with van der Waals surface area (Å²) in [6.45, 7) is 1.93. The molecule has 2 aromatic rings. The summed E-state index contributed by atoms with van der Waals surface area (Å²) in [6, 6.07) is -0.0638. The van der Waals surface area contributed by atoms with Crippen molar-refractivity contribution in [2.45, 2.75) is 19.4 Å². The number of nitrogens with zero attached hydrogens (tertiary/aromatic N) is 4. The fourth-order valence-corrected chi connectivity index (χ4v) is 2.10. The van der Waals surface area contributed by atoms with Crippen molar-refractivity contribution in [1.29, 1.82) is 0 Å². The Morgan fingerprint density at radius 3 is 2.93 bits per heavy atom. The molecule has 0 aliphatic carbocycles. The van der Waals surface area contributed by atoms with Crippen molar-refractivity contribution in [1.82, 2.24) is 19.1 Å². The SMILES string of the molecule is Cc1nnsc1C(N)Cc1nccn1C. The van der Waals surface area contributed by atoms with Gasteiger partial charge in [-0.2, -0.15) is 0 Å². The van der Waals surface area contributed by atoms with Gasteiger partial charge in [0.15, 0.2) is 0 Å². The molecule has 2 aromatic heterocycles. The molecule has 0 aromatic carbocycles. The van der Waals surface area contributed by atoms with E-state index in [2.05, 4.69) is 14.6 Å². The van der Waals surface area contributed by atoms with Crippen molar-refractivity contribution >= 4 is 11.5 Å². The van der Waals surface area contributed by atoms with Gasteiger partial charge in [-0.1, -0.05) is 4.49 Å². The Balaban J connectivity index is 2.14. The molecule has 0 amide bonds. The van der Waals surface area contributed by atoms with E-state index in [-0.39, 0.29) is 6.04 Å². The molecule has 0 saturated carbocycles. The molecule has 0 aliphatic heterocycles. The average molecular weight is 223 g/mol. The maximum atomic E-state index is 6.08. The minimum atomic E-state index is -0.0638. The van der Waals surface area contributed by atoms with Crippen molar-refractivity contribution in [2.24, 2.45) is 12.8 Å². The highest BCUT2D eigenvalue weighted by molar-refractivity contribution is 7.05. The van der Waals surface area contributed by atoms with E-state index < -0.39 is 0 Å². The van der Waals surface area contributed by atoms with Crippen LogP contribution in [-0.2, 0) is 13.5 Å². The van der Waals surface area contributed by atoms with Crippen LogP contribution in [0, 0.1) is 6.92 Å². The smallest absolute Gasteiger partial charge is 0.110 e. The summed E-state index contributed by atoms with van der Waals surface area (Å²) in [5, 5.41) is 3.95. The number of imidazole rings is 1. The molecule has 6 heteroatoms. The van der Waals surface area contributed by atoms with Gasteiger partial charge < -0.3 is 10.3 Å². The quantitative estimate of drug-likeness (QED) is 0.836. The third kappa shape index (κ3) is 2.05. The van der Waals surface area contributed by atoms with Crippen molar-refractivity contribution < 1.29 is 0 Å². The number of aromatic nitrogens is 4. The topological polar surface area (TPSA) is 69.6 Å². The lowest BCUT2D eigenvalue weighted by Gasteiger charge is -2.09. The maximum Gasteiger partial charge on any atom is 0.110 e. The predicted molar refractivity (Wildman–Crippen MR) is 58.5 cm³/mol. The van der Waals surface area contributed by atoms with E-state index in [4.69, 9.17) is 5.73 Å². The van der Waals surface area contributed by atoms with E-state index in [0.717, 1.165) is 16.4 Å². The molecule has 1 unspecified atom stereocenters. The van der Waals surface area contributed by atoms with Gasteiger partial charge in [0.2, 0.25) is 0 Å². The van der Waals surface area contributed by atoms with Gasteiger partial charge in [0.1, 0.15) is 5.82 Å². The zero-order valence-corrected chi connectivity index (χ0v) is 9.53. The number of aryl methyl sites for hydroxylation is 2. The van der Waals surface area contributed by atoms with Crippen LogP contribution in [0.15, 0.2) is 12.4 Å². The van der Waals surface area contributed by atoms with Gasteiger partial charge in [0.25, 0.3) is 0 Å². The van der Waals surface area contributed by atoms with Gasteiger partial charge >= 0.3 is 0 Å². The van der Waals surface area contributed by atoms with Crippen molar-refractivity contribution in [3.8, 4) is 0 Å².